The molecule has 18 heavy (non-hydrogen) atoms. The molecule has 0 spiro atoms. The van der Waals surface area contributed by atoms with Crippen molar-refractivity contribution in [1.29, 1.82) is 0 Å². The molecule has 2 unspecified atom stereocenters. The molecule has 0 saturated heterocycles. The highest BCUT2D eigenvalue weighted by molar-refractivity contribution is 5.29. The van der Waals surface area contributed by atoms with Gasteiger partial charge in [0.05, 0.1) is 5.60 Å². The Hall–Kier alpha value is -1.34. The quantitative estimate of drug-likeness (QED) is 0.711. The summed E-state index contributed by atoms with van der Waals surface area (Å²) in [5.74, 6) is 0. The number of hydrogen-bond donors (Lipinski definition) is 1. The molecule has 0 aromatic heterocycles. The SMILES string of the molecule is C=CCCC(C)(c1ccccc1)C(C)(O)CC=C. The lowest BCUT2D eigenvalue weighted by Crippen LogP contribution is -2.47. The topological polar surface area (TPSA) is 20.2 Å². The van der Waals surface area contributed by atoms with Crippen LogP contribution in [0.1, 0.15) is 38.7 Å². The van der Waals surface area contributed by atoms with Gasteiger partial charge in [-0.3, -0.25) is 0 Å². The number of rotatable bonds is 7. The molecule has 0 fully saturated rings. The average molecular weight is 244 g/mol. The standard InChI is InChI=1S/C17H24O/c1-5-7-14-16(3,17(4,18)13-6-2)15-11-9-8-10-12-15/h5-6,8-12,18H,1-2,7,13-14H2,3-4H3. The summed E-state index contributed by atoms with van der Waals surface area (Å²) in [7, 11) is 0. The maximum Gasteiger partial charge on any atom is 0.0747 e. The van der Waals surface area contributed by atoms with Crippen LogP contribution >= 0.6 is 0 Å². The molecule has 0 heterocycles. The van der Waals surface area contributed by atoms with Crippen molar-refractivity contribution in [1.82, 2.24) is 0 Å². The normalized spacial score (nSPS) is 17.5. The zero-order valence-electron chi connectivity index (χ0n) is 11.5. The zero-order chi connectivity index (χ0) is 13.6. The van der Waals surface area contributed by atoms with Gasteiger partial charge in [0.15, 0.2) is 0 Å². The molecular weight excluding hydrogens is 220 g/mol. The van der Waals surface area contributed by atoms with Crippen molar-refractivity contribution in [3.8, 4) is 0 Å². The van der Waals surface area contributed by atoms with E-state index >= 15 is 0 Å². The van der Waals surface area contributed by atoms with E-state index in [1.807, 2.05) is 31.2 Å². The Labute approximate surface area is 111 Å². The molecule has 1 nitrogen and oxygen atoms in total. The van der Waals surface area contributed by atoms with Gasteiger partial charge in [-0.25, -0.2) is 0 Å². The van der Waals surface area contributed by atoms with Crippen molar-refractivity contribution in [2.24, 2.45) is 0 Å². The molecular formula is C17H24O. The largest absolute Gasteiger partial charge is 0.389 e. The van der Waals surface area contributed by atoms with E-state index in [9.17, 15) is 5.11 Å². The molecule has 0 aliphatic rings. The van der Waals surface area contributed by atoms with E-state index in [1.165, 1.54) is 5.56 Å². The van der Waals surface area contributed by atoms with E-state index in [2.05, 4.69) is 32.2 Å². The Morgan fingerprint density at radius 2 is 1.72 bits per heavy atom. The molecule has 0 aliphatic carbocycles. The molecule has 1 N–H and O–H groups in total. The Morgan fingerprint density at radius 3 is 2.22 bits per heavy atom. The minimum Gasteiger partial charge on any atom is -0.389 e. The van der Waals surface area contributed by atoms with Crippen LogP contribution in [0.3, 0.4) is 0 Å². The summed E-state index contributed by atoms with van der Waals surface area (Å²) in [4.78, 5) is 0. The monoisotopic (exact) mass is 244 g/mol. The second-order valence-electron chi connectivity index (χ2n) is 5.29. The molecule has 0 bridgehead atoms. The van der Waals surface area contributed by atoms with Gasteiger partial charge in [-0.05, 0) is 31.7 Å². The van der Waals surface area contributed by atoms with E-state index in [-0.39, 0.29) is 5.41 Å². The number of allylic oxidation sites excluding steroid dienone is 1. The third kappa shape index (κ3) is 2.91. The van der Waals surface area contributed by atoms with Gasteiger partial charge < -0.3 is 5.11 Å². The third-order valence-electron chi connectivity index (χ3n) is 3.99. The summed E-state index contributed by atoms with van der Waals surface area (Å²) in [6.07, 6.45) is 6.04. The minimum absolute atomic E-state index is 0.295. The van der Waals surface area contributed by atoms with Crippen LogP contribution in [-0.4, -0.2) is 10.7 Å². The lowest BCUT2D eigenvalue weighted by atomic mass is 9.65. The second kappa shape index (κ2) is 6.01. The Kier molecular flexibility index (Phi) is 4.92. The summed E-state index contributed by atoms with van der Waals surface area (Å²) >= 11 is 0. The van der Waals surface area contributed by atoms with Crippen LogP contribution in [0, 0.1) is 0 Å². The van der Waals surface area contributed by atoms with Gasteiger partial charge in [0.1, 0.15) is 0 Å². The van der Waals surface area contributed by atoms with Crippen molar-refractivity contribution in [3.63, 3.8) is 0 Å². The van der Waals surface area contributed by atoms with E-state index in [1.54, 1.807) is 6.08 Å². The number of benzene rings is 1. The first-order valence-electron chi connectivity index (χ1n) is 6.47. The van der Waals surface area contributed by atoms with Gasteiger partial charge in [-0.1, -0.05) is 49.4 Å². The van der Waals surface area contributed by atoms with Gasteiger partial charge in [0.2, 0.25) is 0 Å². The Bertz CT molecular complexity index is 391. The fraction of sp³-hybridized carbons (Fsp3) is 0.412. The first-order chi connectivity index (χ1) is 8.48. The van der Waals surface area contributed by atoms with Crippen molar-refractivity contribution < 1.29 is 5.11 Å². The van der Waals surface area contributed by atoms with Crippen molar-refractivity contribution in [2.45, 2.75) is 44.1 Å². The van der Waals surface area contributed by atoms with Gasteiger partial charge >= 0.3 is 0 Å². The summed E-state index contributed by atoms with van der Waals surface area (Å²) in [6.45, 7) is 11.6. The van der Waals surface area contributed by atoms with Gasteiger partial charge in [0, 0.05) is 5.41 Å². The average Bonchev–Trinajstić information content (AvgIpc) is 2.36. The molecule has 1 heteroatoms. The smallest absolute Gasteiger partial charge is 0.0747 e. The molecule has 2 atom stereocenters. The lowest BCUT2D eigenvalue weighted by molar-refractivity contribution is -0.0176. The fourth-order valence-corrected chi connectivity index (χ4v) is 2.43. The van der Waals surface area contributed by atoms with Gasteiger partial charge in [0.25, 0.3) is 0 Å². The van der Waals surface area contributed by atoms with Crippen LogP contribution in [0.15, 0.2) is 55.6 Å². The molecule has 0 radical (unpaired) electrons. The molecule has 0 aliphatic heterocycles. The lowest BCUT2D eigenvalue weighted by Gasteiger charge is -2.43. The molecule has 0 amide bonds. The van der Waals surface area contributed by atoms with E-state index in [4.69, 9.17) is 0 Å². The van der Waals surface area contributed by atoms with Crippen molar-refractivity contribution >= 4 is 0 Å². The molecule has 1 aromatic rings. The van der Waals surface area contributed by atoms with Crippen LogP contribution in [0.25, 0.3) is 0 Å². The molecule has 98 valence electrons. The van der Waals surface area contributed by atoms with E-state index < -0.39 is 5.60 Å². The highest BCUT2D eigenvalue weighted by Gasteiger charge is 2.42. The maximum absolute atomic E-state index is 10.8. The van der Waals surface area contributed by atoms with Crippen molar-refractivity contribution in [3.05, 3.63) is 61.2 Å². The van der Waals surface area contributed by atoms with Crippen molar-refractivity contribution in [2.75, 3.05) is 0 Å². The van der Waals surface area contributed by atoms with Crippen LogP contribution in [0.4, 0.5) is 0 Å². The number of aliphatic hydroxyl groups is 1. The Morgan fingerprint density at radius 1 is 1.11 bits per heavy atom. The van der Waals surface area contributed by atoms with Gasteiger partial charge in [-0.2, -0.15) is 0 Å². The van der Waals surface area contributed by atoms with Gasteiger partial charge in [-0.15, -0.1) is 13.2 Å². The highest BCUT2D eigenvalue weighted by Crippen LogP contribution is 2.41. The fourth-order valence-electron chi connectivity index (χ4n) is 2.43. The first-order valence-corrected chi connectivity index (χ1v) is 6.47. The summed E-state index contributed by atoms with van der Waals surface area (Å²) in [6, 6.07) is 10.2. The molecule has 0 saturated carbocycles. The third-order valence-corrected chi connectivity index (χ3v) is 3.99. The zero-order valence-corrected chi connectivity index (χ0v) is 11.5. The van der Waals surface area contributed by atoms with Crippen LogP contribution < -0.4 is 0 Å². The summed E-state index contributed by atoms with van der Waals surface area (Å²) in [5, 5.41) is 10.8. The summed E-state index contributed by atoms with van der Waals surface area (Å²) in [5.41, 5.74) is 0.0640. The Balaban J connectivity index is 3.17. The van der Waals surface area contributed by atoms with Crippen LogP contribution in [0.5, 0.6) is 0 Å². The highest BCUT2D eigenvalue weighted by atomic mass is 16.3. The minimum atomic E-state index is -0.806. The maximum atomic E-state index is 10.8. The number of hydrogen-bond acceptors (Lipinski definition) is 1. The molecule has 1 aromatic carbocycles. The van der Waals surface area contributed by atoms with Crippen LogP contribution in [0.2, 0.25) is 0 Å². The molecule has 1 rings (SSSR count). The van der Waals surface area contributed by atoms with Crippen LogP contribution in [-0.2, 0) is 5.41 Å². The van der Waals surface area contributed by atoms with E-state index in [0.717, 1.165) is 12.8 Å². The predicted octanol–water partition coefficient (Wildman–Crippen LogP) is 4.24. The second-order valence-corrected chi connectivity index (χ2v) is 5.29. The first kappa shape index (κ1) is 14.7. The van der Waals surface area contributed by atoms with E-state index in [0.29, 0.717) is 6.42 Å². The summed E-state index contributed by atoms with van der Waals surface area (Å²) < 4.78 is 0. The predicted molar refractivity (Wildman–Crippen MR) is 78.7 cm³/mol.